The average Bonchev–Trinajstić information content (AvgIpc) is 3.01. The summed E-state index contributed by atoms with van der Waals surface area (Å²) >= 11 is 0. The van der Waals surface area contributed by atoms with Gasteiger partial charge < -0.3 is 16.4 Å². The minimum atomic E-state index is -2.45. The summed E-state index contributed by atoms with van der Waals surface area (Å²) in [6.07, 6.45) is 3.06. The van der Waals surface area contributed by atoms with Crippen LogP contribution in [0.3, 0.4) is 0 Å². The predicted molar refractivity (Wildman–Crippen MR) is 69.7 cm³/mol. The van der Waals surface area contributed by atoms with Gasteiger partial charge in [0.25, 0.3) is 12.3 Å². The first-order valence-electron chi connectivity index (χ1n) is 6.07. The van der Waals surface area contributed by atoms with Crippen LogP contribution in [0, 0.1) is 12.3 Å². The Balaban J connectivity index is 2.38. The molecule has 1 aromatic heterocycles. The first-order chi connectivity index (χ1) is 9.49. The van der Waals surface area contributed by atoms with Crippen LogP contribution in [-0.4, -0.2) is 41.7 Å². The lowest BCUT2D eigenvalue weighted by molar-refractivity contribution is 0.0999. The summed E-state index contributed by atoms with van der Waals surface area (Å²) in [6, 6.07) is -1.20. The molecule has 8 heteroatoms. The minimum absolute atomic E-state index is 0.107. The normalized spacial score (nSPS) is 21.9. The molecule has 0 radical (unpaired) electrons. The smallest absolute Gasteiger partial charge is 0.255 e. The number of nitrogens with two attached hydrogens (primary N) is 1. The molecule has 1 aliphatic rings. The Kier molecular flexibility index (Phi) is 3.90. The van der Waals surface area contributed by atoms with Gasteiger partial charge in [0.05, 0.1) is 12.1 Å². The SMILES string of the molecule is C#Cc1nn([C@@H]2CN[C@@H](C(F)F)C2)c(NC)c1C(N)=O. The van der Waals surface area contributed by atoms with E-state index in [0.717, 1.165) is 0 Å². The van der Waals surface area contributed by atoms with Crippen LogP contribution in [0.4, 0.5) is 14.6 Å². The van der Waals surface area contributed by atoms with E-state index in [-0.39, 0.29) is 23.7 Å². The van der Waals surface area contributed by atoms with Crippen LogP contribution in [0.15, 0.2) is 0 Å². The quantitative estimate of drug-likeness (QED) is 0.688. The number of amides is 1. The molecule has 108 valence electrons. The van der Waals surface area contributed by atoms with E-state index in [1.54, 1.807) is 7.05 Å². The first kappa shape index (κ1) is 14.3. The maximum absolute atomic E-state index is 12.7. The lowest BCUT2D eigenvalue weighted by Crippen LogP contribution is -2.28. The summed E-state index contributed by atoms with van der Waals surface area (Å²) in [5.41, 5.74) is 5.51. The summed E-state index contributed by atoms with van der Waals surface area (Å²) in [5, 5.41) is 9.66. The topological polar surface area (TPSA) is 85.0 Å². The summed E-state index contributed by atoms with van der Waals surface area (Å²) in [6.45, 7) is 0.327. The van der Waals surface area contributed by atoms with Crippen molar-refractivity contribution in [1.29, 1.82) is 0 Å². The molecule has 0 aromatic carbocycles. The van der Waals surface area contributed by atoms with Gasteiger partial charge in [-0.3, -0.25) is 4.79 Å². The number of nitrogens with one attached hydrogen (secondary N) is 2. The van der Waals surface area contributed by atoms with Crippen LogP contribution in [-0.2, 0) is 0 Å². The van der Waals surface area contributed by atoms with E-state index >= 15 is 0 Å². The van der Waals surface area contributed by atoms with Crippen molar-refractivity contribution in [2.45, 2.75) is 24.9 Å². The summed E-state index contributed by atoms with van der Waals surface area (Å²) in [5.74, 6) is 1.94. The Morgan fingerprint density at radius 2 is 2.40 bits per heavy atom. The van der Waals surface area contributed by atoms with E-state index < -0.39 is 18.4 Å². The second kappa shape index (κ2) is 5.46. The van der Waals surface area contributed by atoms with Gasteiger partial charge in [0.15, 0.2) is 0 Å². The van der Waals surface area contributed by atoms with Crippen LogP contribution in [0.2, 0.25) is 0 Å². The molecule has 0 aliphatic carbocycles. The van der Waals surface area contributed by atoms with E-state index in [2.05, 4.69) is 21.7 Å². The van der Waals surface area contributed by atoms with Gasteiger partial charge in [0, 0.05) is 13.6 Å². The van der Waals surface area contributed by atoms with Crippen molar-refractivity contribution in [2.24, 2.45) is 5.73 Å². The fourth-order valence-electron chi connectivity index (χ4n) is 2.40. The lowest BCUT2D eigenvalue weighted by atomic mass is 10.1. The lowest BCUT2D eigenvalue weighted by Gasteiger charge is -2.14. The molecule has 1 saturated heterocycles. The summed E-state index contributed by atoms with van der Waals surface area (Å²) in [7, 11) is 1.59. The fraction of sp³-hybridized carbons (Fsp3) is 0.500. The standard InChI is InChI=1S/C12H15F2N5O/c1-3-7-9(11(15)20)12(16-2)19(18-7)6-4-8(10(13)14)17-5-6/h1,6,8,10,16-17H,4-5H2,2H3,(H2,15,20)/t6-,8+/m0/s1. The highest BCUT2D eigenvalue weighted by molar-refractivity contribution is 6.00. The number of halogens is 2. The second-order valence-corrected chi connectivity index (χ2v) is 4.51. The Bertz CT molecular complexity index is 563. The molecular formula is C12H15F2N5O. The van der Waals surface area contributed by atoms with Gasteiger partial charge in [-0.2, -0.15) is 5.10 Å². The van der Waals surface area contributed by atoms with Crippen molar-refractivity contribution < 1.29 is 13.6 Å². The van der Waals surface area contributed by atoms with Crippen LogP contribution in [0.5, 0.6) is 0 Å². The van der Waals surface area contributed by atoms with Crippen molar-refractivity contribution >= 4 is 11.7 Å². The zero-order chi connectivity index (χ0) is 14.9. The number of anilines is 1. The molecular weight excluding hydrogens is 268 g/mol. The van der Waals surface area contributed by atoms with Crippen molar-refractivity contribution in [3.05, 3.63) is 11.3 Å². The number of aromatic nitrogens is 2. The van der Waals surface area contributed by atoms with E-state index in [0.29, 0.717) is 12.4 Å². The third kappa shape index (κ3) is 2.32. The van der Waals surface area contributed by atoms with E-state index in [1.807, 2.05) is 0 Å². The van der Waals surface area contributed by atoms with Crippen LogP contribution in [0.1, 0.15) is 28.5 Å². The Morgan fingerprint density at radius 1 is 1.70 bits per heavy atom. The number of hydrogen-bond donors (Lipinski definition) is 3. The van der Waals surface area contributed by atoms with Gasteiger partial charge in [-0.15, -0.1) is 6.42 Å². The minimum Gasteiger partial charge on any atom is -0.373 e. The van der Waals surface area contributed by atoms with Crippen LogP contribution < -0.4 is 16.4 Å². The summed E-state index contributed by atoms with van der Waals surface area (Å²) in [4.78, 5) is 11.5. The number of nitrogens with zero attached hydrogens (tertiary/aromatic N) is 2. The molecule has 0 saturated carbocycles. The third-order valence-electron chi connectivity index (χ3n) is 3.32. The molecule has 1 fully saturated rings. The summed E-state index contributed by atoms with van der Waals surface area (Å²) < 4.78 is 26.8. The molecule has 6 nitrogen and oxygen atoms in total. The fourth-order valence-corrected chi connectivity index (χ4v) is 2.40. The van der Waals surface area contributed by atoms with Crippen molar-refractivity contribution in [3.63, 3.8) is 0 Å². The number of hydrogen-bond acceptors (Lipinski definition) is 4. The molecule has 0 bridgehead atoms. The highest BCUT2D eigenvalue weighted by atomic mass is 19.3. The molecule has 20 heavy (non-hydrogen) atoms. The maximum atomic E-state index is 12.7. The van der Waals surface area contributed by atoms with Gasteiger partial charge >= 0.3 is 0 Å². The Hall–Kier alpha value is -2.14. The van der Waals surface area contributed by atoms with E-state index in [1.165, 1.54) is 4.68 Å². The number of rotatable bonds is 4. The Morgan fingerprint density at radius 3 is 2.85 bits per heavy atom. The van der Waals surface area contributed by atoms with Gasteiger partial charge in [-0.1, -0.05) is 0 Å². The molecule has 2 rings (SSSR count). The molecule has 1 aliphatic heterocycles. The highest BCUT2D eigenvalue weighted by Crippen LogP contribution is 2.29. The molecule has 4 N–H and O–H groups in total. The van der Waals surface area contributed by atoms with Crippen LogP contribution >= 0.6 is 0 Å². The molecule has 2 atom stereocenters. The van der Waals surface area contributed by atoms with E-state index in [4.69, 9.17) is 12.2 Å². The maximum Gasteiger partial charge on any atom is 0.255 e. The number of alkyl halides is 2. The number of carbonyl (C=O) groups excluding carboxylic acids is 1. The molecule has 1 amide bonds. The number of terminal acetylenes is 1. The van der Waals surface area contributed by atoms with Crippen molar-refractivity contribution in [3.8, 4) is 12.3 Å². The largest absolute Gasteiger partial charge is 0.373 e. The zero-order valence-electron chi connectivity index (χ0n) is 10.9. The van der Waals surface area contributed by atoms with Gasteiger partial charge in [0.1, 0.15) is 17.1 Å². The van der Waals surface area contributed by atoms with E-state index in [9.17, 15) is 13.6 Å². The van der Waals surface area contributed by atoms with Gasteiger partial charge in [0.2, 0.25) is 0 Å². The van der Waals surface area contributed by atoms with Crippen molar-refractivity contribution in [2.75, 3.05) is 18.9 Å². The van der Waals surface area contributed by atoms with Gasteiger partial charge in [-0.05, 0) is 12.3 Å². The van der Waals surface area contributed by atoms with Crippen molar-refractivity contribution in [1.82, 2.24) is 15.1 Å². The molecule has 0 unspecified atom stereocenters. The molecule has 2 heterocycles. The van der Waals surface area contributed by atoms with Crippen LogP contribution in [0.25, 0.3) is 0 Å². The second-order valence-electron chi connectivity index (χ2n) is 4.51. The predicted octanol–water partition coefficient (Wildman–Crippen LogP) is 0.173. The number of carbonyl (C=O) groups is 1. The monoisotopic (exact) mass is 283 g/mol. The molecule has 1 aromatic rings. The Labute approximate surface area is 114 Å². The number of primary amides is 1. The molecule has 0 spiro atoms. The van der Waals surface area contributed by atoms with Gasteiger partial charge in [-0.25, -0.2) is 13.5 Å². The zero-order valence-corrected chi connectivity index (χ0v) is 10.9. The highest BCUT2D eigenvalue weighted by Gasteiger charge is 2.34. The average molecular weight is 283 g/mol. The first-order valence-corrected chi connectivity index (χ1v) is 6.07. The third-order valence-corrected chi connectivity index (χ3v) is 3.32.